The predicted molar refractivity (Wildman–Crippen MR) is 90.4 cm³/mol. The van der Waals surface area contributed by atoms with Crippen molar-refractivity contribution in [2.45, 2.75) is 26.2 Å². The summed E-state index contributed by atoms with van der Waals surface area (Å²) < 4.78 is 5.67. The molecule has 0 bridgehead atoms. The van der Waals surface area contributed by atoms with Crippen LogP contribution < -0.4 is 10.1 Å². The lowest BCUT2D eigenvalue weighted by Crippen LogP contribution is -2.21. The van der Waals surface area contributed by atoms with Crippen LogP contribution in [0.1, 0.15) is 37.3 Å². The Morgan fingerprint density at radius 2 is 1.91 bits per heavy atom. The lowest BCUT2D eigenvalue weighted by atomic mass is 9.98. The molecule has 0 heterocycles. The predicted octanol–water partition coefficient (Wildman–Crippen LogP) is 4.09. The molecule has 0 aromatic heterocycles. The quantitative estimate of drug-likeness (QED) is 0.874. The topological polar surface area (TPSA) is 62.1 Å². The number of hydrogen-bond donors (Lipinski definition) is 1. The third kappa shape index (κ3) is 4.33. The summed E-state index contributed by atoms with van der Waals surface area (Å²) in [6, 6.07) is 16.7. The number of hydrogen-bond acceptors (Lipinski definition) is 3. The number of amides is 1. The van der Waals surface area contributed by atoms with Gasteiger partial charge in [0, 0.05) is 0 Å². The zero-order valence-corrected chi connectivity index (χ0v) is 13.4. The molecule has 0 aliphatic carbocycles. The lowest BCUT2D eigenvalue weighted by Gasteiger charge is -2.15. The van der Waals surface area contributed by atoms with Gasteiger partial charge in [0.25, 0.3) is 5.91 Å². The molecule has 0 aliphatic rings. The zero-order chi connectivity index (χ0) is 16.7. The van der Waals surface area contributed by atoms with Gasteiger partial charge in [0.2, 0.25) is 0 Å². The number of anilines is 1. The van der Waals surface area contributed by atoms with Crippen LogP contribution in [0.15, 0.2) is 48.5 Å². The van der Waals surface area contributed by atoms with Gasteiger partial charge >= 0.3 is 0 Å². The molecular weight excluding hydrogens is 288 g/mol. The van der Waals surface area contributed by atoms with Crippen molar-refractivity contribution < 1.29 is 9.53 Å². The van der Waals surface area contributed by atoms with Gasteiger partial charge in [-0.2, -0.15) is 5.26 Å². The van der Waals surface area contributed by atoms with Crippen LogP contribution in [0.25, 0.3) is 0 Å². The number of benzene rings is 2. The summed E-state index contributed by atoms with van der Waals surface area (Å²) in [6.45, 7) is 4.16. The summed E-state index contributed by atoms with van der Waals surface area (Å²) in [5.41, 5.74) is 2.03. The largest absolute Gasteiger partial charge is 0.483 e. The fourth-order valence-corrected chi connectivity index (χ4v) is 2.26. The maximum atomic E-state index is 12.1. The molecule has 1 unspecified atom stereocenters. The number of nitrogens with one attached hydrogen (secondary N) is 1. The van der Waals surface area contributed by atoms with Crippen LogP contribution in [-0.2, 0) is 4.79 Å². The van der Waals surface area contributed by atoms with E-state index in [4.69, 9.17) is 10.00 Å². The van der Waals surface area contributed by atoms with Crippen LogP contribution in [0.5, 0.6) is 5.75 Å². The fraction of sp³-hybridized carbons (Fsp3) is 0.263. The van der Waals surface area contributed by atoms with E-state index in [-0.39, 0.29) is 12.5 Å². The summed E-state index contributed by atoms with van der Waals surface area (Å²) >= 11 is 0. The van der Waals surface area contributed by atoms with E-state index >= 15 is 0 Å². The molecule has 0 saturated heterocycles. The van der Waals surface area contributed by atoms with Crippen LogP contribution in [0.2, 0.25) is 0 Å². The molecule has 2 aromatic carbocycles. The van der Waals surface area contributed by atoms with Crippen molar-refractivity contribution in [1.29, 1.82) is 5.26 Å². The molecule has 2 rings (SSSR count). The molecule has 23 heavy (non-hydrogen) atoms. The van der Waals surface area contributed by atoms with Crippen LogP contribution in [-0.4, -0.2) is 12.5 Å². The maximum Gasteiger partial charge on any atom is 0.262 e. The highest BCUT2D eigenvalue weighted by atomic mass is 16.5. The van der Waals surface area contributed by atoms with Crippen molar-refractivity contribution in [1.82, 2.24) is 0 Å². The van der Waals surface area contributed by atoms with E-state index in [1.54, 1.807) is 24.3 Å². The highest BCUT2D eigenvalue weighted by molar-refractivity contribution is 5.93. The van der Waals surface area contributed by atoms with Crippen LogP contribution in [0, 0.1) is 11.3 Å². The molecule has 0 spiro atoms. The molecule has 118 valence electrons. The minimum atomic E-state index is -0.286. The van der Waals surface area contributed by atoms with E-state index in [9.17, 15) is 4.79 Å². The standard InChI is InChI=1S/C19H20N2O2/c1-3-14(2)16-9-5-7-11-18(16)23-13-19(22)21-17-10-6-4-8-15(17)12-20/h4-11,14H,3,13H2,1-2H3,(H,21,22). The second-order valence-corrected chi connectivity index (χ2v) is 5.34. The first-order valence-electron chi connectivity index (χ1n) is 7.66. The van der Waals surface area contributed by atoms with E-state index in [2.05, 4.69) is 25.2 Å². The van der Waals surface area contributed by atoms with Gasteiger partial charge in [0.05, 0.1) is 11.3 Å². The molecule has 4 nitrogen and oxygen atoms in total. The fourth-order valence-electron chi connectivity index (χ4n) is 2.26. The summed E-state index contributed by atoms with van der Waals surface area (Å²) in [4.78, 5) is 12.1. The summed E-state index contributed by atoms with van der Waals surface area (Å²) in [5, 5.41) is 11.7. The molecule has 1 atom stereocenters. The highest BCUT2D eigenvalue weighted by Gasteiger charge is 2.12. The Bertz CT molecular complexity index is 719. The van der Waals surface area contributed by atoms with Gasteiger partial charge in [-0.15, -0.1) is 0 Å². The molecule has 0 aliphatic heterocycles. The van der Waals surface area contributed by atoms with Crippen molar-refractivity contribution in [3.8, 4) is 11.8 Å². The Kier molecular flexibility index (Phi) is 5.76. The second-order valence-electron chi connectivity index (χ2n) is 5.34. The summed E-state index contributed by atoms with van der Waals surface area (Å²) in [6.07, 6.45) is 1.00. The van der Waals surface area contributed by atoms with Crippen molar-refractivity contribution >= 4 is 11.6 Å². The number of nitriles is 1. The van der Waals surface area contributed by atoms with Gasteiger partial charge in [-0.05, 0) is 36.1 Å². The number of rotatable bonds is 6. The average molecular weight is 308 g/mol. The van der Waals surface area contributed by atoms with Crippen LogP contribution in [0.4, 0.5) is 5.69 Å². The summed E-state index contributed by atoms with van der Waals surface area (Å²) in [5.74, 6) is 0.811. The van der Waals surface area contributed by atoms with Crippen molar-refractivity contribution in [3.63, 3.8) is 0 Å². The molecule has 1 amide bonds. The lowest BCUT2D eigenvalue weighted by molar-refractivity contribution is -0.118. The van der Waals surface area contributed by atoms with E-state index < -0.39 is 0 Å². The van der Waals surface area contributed by atoms with Crippen molar-refractivity contribution in [2.75, 3.05) is 11.9 Å². The highest BCUT2D eigenvalue weighted by Crippen LogP contribution is 2.28. The Balaban J connectivity index is 2.02. The summed E-state index contributed by atoms with van der Waals surface area (Å²) in [7, 11) is 0. The van der Waals surface area contributed by atoms with Crippen LogP contribution in [0.3, 0.4) is 0 Å². The first-order chi connectivity index (χ1) is 11.2. The third-order valence-corrected chi connectivity index (χ3v) is 3.74. The van der Waals surface area contributed by atoms with E-state index in [0.29, 0.717) is 17.2 Å². The molecule has 1 N–H and O–H groups in total. The van der Waals surface area contributed by atoms with Crippen molar-refractivity contribution in [2.24, 2.45) is 0 Å². The normalized spacial score (nSPS) is 11.3. The molecule has 4 heteroatoms. The minimum absolute atomic E-state index is 0.0901. The molecule has 0 fully saturated rings. The van der Waals surface area contributed by atoms with Gasteiger partial charge in [0.1, 0.15) is 11.8 Å². The van der Waals surface area contributed by atoms with E-state index in [1.165, 1.54) is 0 Å². The Morgan fingerprint density at radius 3 is 2.65 bits per heavy atom. The smallest absolute Gasteiger partial charge is 0.262 e. The Labute approximate surface area is 136 Å². The number of ether oxygens (including phenoxy) is 1. The number of nitrogens with zero attached hydrogens (tertiary/aromatic N) is 1. The number of para-hydroxylation sites is 2. The Morgan fingerprint density at radius 1 is 1.22 bits per heavy atom. The molecule has 0 radical (unpaired) electrons. The molecule has 2 aromatic rings. The minimum Gasteiger partial charge on any atom is -0.483 e. The van der Waals surface area contributed by atoms with Gasteiger partial charge in [-0.1, -0.05) is 44.2 Å². The first-order valence-corrected chi connectivity index (χ1v) is 7.66. The molecule has 0 saturated carbocycles. The zero-order valence-electron chi connectivity index (χ0n) is 13.4. The molecular formula is C19H20N2O2. The van der Waals surface area contributed by atoms with Crippen molar-refractivity contribution in [3.05, 3.63) is 59.7 Å². The van der Waals surface area contributed by atoms with Crippen LogP contribution >= 0.6 is 0 Å². The van der Waals surface area contributed by atoms with E-state index in [0.717, 1.165) is 17.7 Å². The van der Waals surface area contributed by atoms with Gasteiger partial charge < -0.3 is 10.1 Å². The number of carbonyl (C=O) groups is 1. The van der Waals surface area contributed by atoms with Gasteiger partial charge in [-0.3, -0.25) is 4.79 Å². The second kappa shape index (κ2) is 8.00. The Hall–Kier alpha value is -2.80. The van der Waals surface area contributed by atoms with Gasteiger partial charge in [-0.25, -0.2) is 0 Å². The first kappa shape index (κ1) is 16.6. The monoisotopic (exact) mass is 308 g/mol. The van der Waals surface area contributed by atoms with Gasteiger partial charge in [0.15, 0.2) is 6.61 Å². The third-order valence-electron chi connectivity index (χ3n) is 3.74. The average Bonchev–Trinajstić information content (AvgIpc) is 2.60. The maximum absolute atomic E-state index is 12.1. The number of carbonyl (C=O) groups excluding carboxylic acids is 1. The SMILES string of the molecule is CCC(C)c1ccccc1OCC(=O)Nc1ccccc1C#N. The van der Waals surface area contributed by atoms with E-state index in [1.807, 2.05) is 24.3 Å².